The Morgan fingerprint density at radius 1 is 1.24 bits per heavy atom. The van der Waals surface area contributed by atoms with Crippen LogP contribution in [0.3, 0.4) is 0 Å². The third-order valence-electron chi connectivity index (χ3n) is 3.99. The highest BCUT2D eigenvalue weighted by atomic mass is 16.5. The fourth-order valence-electron chi connectivity index (χ4n) is 2.78. The molecule has 2 aromatic rings. The molecule has 0 saturated heterocycles. The lowest BCUT2D eigenvalue weighted by atomic mass is 10.1. The number of nitrogens with one attached hydrogen (secondary N) is 1. The van der Waals surface area contributed by atoms with Gasteiger partial charge < -0.3 is 15.0 Å². The van der Waals surface area contributed by atoms with Crippen molar-refractivity contribution in [1.82, 2.24) is 0 Å². The van der Waals surface area contributed by atoms with Gasteiger partial charge in [-0.2, -0.15) is 5.26 Å². The maximum Gasteiger partial charge on any atom is 0.262 e. The third-order valence-corrected chi connectivity index (χ3v) is 3.99. The molecule has 0 unspecified atom stereocenters. The fraction of sp³-hybridized carbons (Fsp3) is 0.211. The summed E-state index contributed by atoms with van der Waals surface area (Å²) in [5.74, 6) is 0.275. The first kappa shape index (κ1) is 16.5. The summed E-state index contributed by atoms with van der Waals surface area (Å²) in [7, 11) is 0. The minimum atomic E-state index is -0.272. The number of ether oxygens (including phenoxy) is 1. The van der Waals surface area contributed by atoms with Crippen molar-refractivity contribution < 1.29 is 14.3 Å². The predicted molar refractivity (Wildman–Crippen MR) is 93.5 cm³/mol. The van der Waals surface area contributed by atoms with E-state index in [9.17, 15) is 9.59 Å². The summed E-state index contributed by atoms with van der Waals surface area (Å²) in [6, 6.07) is 14.1. The first-order valence-corrected chi connectivity index (χ1v) is 7.90. The smallest absolute Gasteiger partial charge is 0.262 e. The molecule has 3 rings (SSSR count). The molecule has 2 amide bonds. The molecule has 0 spiro atoms. The largest absolute Gasteiger partial charge is 0.484 e. The molecule has 0 aromatic heterocycles. The number of nitriles is 1. The van der Waals surface area contributed by atoms with E-state index in [0.29, 0.717) is 23.5 Å². The molecule has 0 radical (unpaired) electrons. The molecule has 2 aromatic carbocycles. The Bertz CT molecular complexity index is 853. The van der Waals surface area contributed by atoms with Crippen molar-refractivity contribution in [2.45, 2.75) is 13.3 Å². The molecule has 1 aliphatic heterocycles. The highest BCUT2D eigenvalue weighted by molar-refractivity contribution is 5.95. The normalized spacial score (nSPS) is 12.2. The highest BCUT2D eigenvalue weighted by Crippen LogP contribution is 2.30. The highest BCUT2D eigenvalue weighted by Gasteiger charge is 2.22. The second-order valence-corrected chi connectivity index (χ2v) is 5.74. The maximum atomic E-state index is 12.0. The summed E-state index contributed by atoms with van der Waals surface area (Å²) in [5, 5.41) is 11.5. The number of amides is 2. The summed E-state index contributed by atoms with van der Waals surface area (Å²) in [6.07, 6.45) is 0.778. The van der Waals surface area contributed by atoms with E-state index in [4.69, 9.17) is 10.00 Å². The number of carbonyl (C=O) groups is 2. The standard InChI is InChI=1S/C19H17N3O3/c1-13(23)22-9-8-15-10-16(4-7-18(15)22)21-19(24)12-25-17-5-2-14(11-20)3-6-17/h2-7,10H,8-9,12H2,1H3,(H,21,24). The predicted octanol–water partition coefficient (Wildman–Crippen LogP) is 2.48. The van der Waals surface area contributed by atoms with Crippen LogP contribution in [-0.4, -0.2) is 25.0 Å². The Morgan fingerprint density at radius 3 is 2.68 bits per heavy atom. The number of anilines is 2. The van der Waals surface area contributed by atoms with E-state index in [1.165, 1.54) is 0 Å². The molecule has 1 N–H and O–H groups in total. The molecule has 0 bridgehead atoms. The summed E-state index contributed by atoms with van der Waals surface area (Å²) >= 11 is 0. The lowest BCUT2D eigenvalue weighted by Gasteiger charge is -2.15. The van der Waals surface area contributed by atoms with E-state index in [0.717, 1.165) is 17.7 Å². The summed E-state index contributed by atoms with van der Waals surface area (Å²) in [6.45, 7) is 2.09. The first-order valence-electron chi connectivity index (χ1n) is 7.90. The van der Waals surface area contributed by atoms with Crippen molar-refractivity contribution >= 4 is 23.2 Å². The van der Waals surface area contributed by atoms with Crippen molar-refractivity contribution in [1.29, 1.82) is 5.26 Å². The van der Waals surface area contributed by atoms with Crippen molar-refractivity contribution in [3.8, 4) is 11.8 Å². The minimum absolute atomic E-state index is 0.0198. The van der Waals surface area contributed by atoms with E-state index in [-0.39, 0.29) is 18.4 Å². The number of benzene rings is 2. The van der Waals surface area contributed by atoms with Gasteiger partial charge in [-0.3, -0.25) is 9.59 Å². The molecule has 0 fully saturated rings. The van der Waals surface area contributed by atoms with Crippen LogP contribution in [0.2, 0.25) is 0 Å². The number of fused-ring (bicyclic) bond motifs is 1. The average molecular weight is 335 g/mol. The van der Waals surface area contributed by atoms with Gasteiger partial charge in [0, 0.05) is 24.8 Å². The Balaban J connectivity index is 1.58. The molecule has 0 saturated carbocycles. The molecule has 0 aliphatic carbocycles. The van der Waals surface area contributed by atoms with Gasteiger partial charge in [0.25, 0.3) is 5.91 Å². The van der Waals surface area contributed by atoms with Gasteiger partial charge in [0.1, 0.15) is 5.75 Å². The van der Waals surface area contributed by atoms with Crippen LogP contribution in [0.25, 0.3) is 0 Å². The molecule has 1 heterocycles. The Labute approximate surface area is 145 Å². The zero-order valence-electron chi connectivity index (χ0n) is 13.8. The SMILES string of the molecule is CC(=O)N1CCc2cc(NC(=O)COc3ccc(C#N)cc3)ccc21. The lowest BCUT2D eigenvalue weighted by Crippen LogP contribution is -2.25. The van der Waals surface area contributed by atoms with E-state index < -0.39 is 0 Å². The van der Waals surface area contributed by atoms with Gasteiger partial charge in [-0.05, 0) is 54.4 Å². The zero-order chi connectivity index (χ0) is 17.8. The molecule has 25 heavy (non-hydrogen) atoms. The number of carbonyl (C=O) groups excluding carboxylic acids is 2. The van der Waals surface area contributed by atoms with Crippen LogP contribution in [-0.2, 0) is 16.0 Å². The van der Waals surface area contributed by atoms with E-state index >= 15 is 0 Å². The van der Waals surface area contributed by atoms with Crippen LogP contribution in [0, 0.1) is 11.3 Å². The second kappa shape index (κ2) is 7.05. The molecule has 6 heteroatoms. The Kier molecular flexibility index (Phi) is 4.66. The van der Waals surface area contributed by atoms with Crippen LogP contribution in [0.5, 0.6) is 5.75 Å². The monoisotopic (exact) mass is 335 g/mol. The van der Waals surface area contributed by atoms with Crippen molar-refractivity contribution in [2.24, 2.45) is 0 Å². The summed E-state index contributed by atoms with van der Waals surface area (Å²) < 4.78 is 5.41. The minimum Gasteiger partial charge on any atom is -0.484 e. The van der Waals surface area contributed by atoms with Crippen LogP contribution in [0.1, 0.15) is 18.1 Å². The molecule has 6 nitrogen and oxygen atoms in total. The fourth-order valence-corrected chi connectivity index (χ4v) is 2.78. The Hall–Kier alpha value is -3.33. The van der Waals surface area contributed by atoms with Gasteiger partial charge in [-0.25, -0.2) is 0 Å². The van der Waals surface area contributed by atoms with Gasteiger partial charge in [-0.1, -0.05) is 0 Å². The van der Waals surface area contributed by atoms with Crippen molar-refractivity contribution in [3.05, 3.63) is 53.6 Å². The molecule has 1 aliphatic rings. The number of hydrogen-bond acceptors (Lipinski definition) is 4. The zero-order valence-corrected chi connectivity index (χ0v) is 13.8. The van der Waals surface area contributed by atoms with Gasteiger partial charge >= 0.3 is 0 Å². The number of rotatable bonds is 4. The van der Waals surface area contributed by atoms with Crippen LogP contribution in [0.15, 0.2) is 42.5 Å². The van der Waals surface area contributed by atoms with Crippen LogP contribution < -0.4 is 15.0 Å². The van der Waals surface area contributed by atoms with Gasteiger partial charge in [-0.15, -0.1) is 0 Å². The quantitative estimate of drug-likeness (QED) is 0.930. The van der Waals surface area contributed by atoms with Gasteiger partial charge in [0.2, 0.25) is 5.91 Å². The van der Waals surface area contributed by atoms with Crippen molar-refractivity contribution in [2.75, 3.05) is 23.4 Å². The maximum absolute atomic E-state index is 12.0. The lowest BCUT2D eigenvalue weighted by molar-refractivity contribution is -0.118. The first-order chi connectivity index (χ1) is 12.1. The number of hydrogen-bond donors (Lipinski definition) is 1. The average Bonchev–Trinajstić information content (AvgIpc) is 3.04. The van der Waals surface area contributed by atoms with E-state index in [1.807, 2.05) is 18.2 Å². The van der Waals surface area contributed by atoms with Crippen molar-refractivity contribution in [3.63, 3.8) is 0 Å². The third kappa shape index (κ3) is 3.78. The summed E-state index contributed by atoms with van der Waals surface area (Å²) in [4.78, 5) is 25.3. The van der Waals surface area contributed by atoms with E-state index in [1.54, 1.807) is 42.2 Å². The second-order valence-electron chi connectivity index (χ2n) is 5.74. The van der Waals surface area contributed by atoms with Gasteiger partial charge in [0.15, 0.2) is 6.61 Å². The molecular formula is C19H17N3O3. The van der Waals surface area contributed by atoms with Gasteiger partial charge in [0.05, 0.1) is 11.6 Å². The number of nitrogens with zero attached hydrogens (tertiary/aromatic N) is 2. The Morgan fingerprint density at radius 2 is 2.00 bits per heavy atom. The van der Waals surface area contributed by atoms with Crippen LogP contribution >= 0.6 is 0 Å². The summed E-state index contributed by atoms with van der Waals surface area (Å²) in [5.41, 5.74) is 3.16. The topological polar surface area (TPSA) is 82.4 Å². The van der Waals surface area contributed by atoms with Crippen LogP contribution in [0.4, 0.5) is 11.4 Å². The molecule has 126 valence electrons. The molecular weight excluding hydrogens is 318 g/mol. The van der Waals surface area contributed by atoms with E-state index in [2.05, 4.69) is 5.32 Å². The molecule has 0 atom stereocenters.